The molecule has 0 unspecified atom stereocenters. The van der Waals surface area contributed by atoms with E-state index in [4.69, 9.17) is 0 Å². The van der Waals surface area contributed by atoms with Crippen molar-refractivity contribution in [2.45, 2.75) is 20.3 Å². The van der Waals surface area contributed by atoms with Crippen molar-refractivity contribution in [3.63, 3.8) is 0 Å². The molecular weight excluding hydrogens is 178 g/mol. The summed E-state index contributed by atoms with van der Waals surface area (Å²) in [5.41, 5.74) is 1.38. The van der Waals surface area contributed by atoms with Crippen LogP contribution < -0.4 is 5.32 Å². The van der Waals surface area contributed by atoms with Gasteiger partial charge in [0.15, 0.2) is 0 Å². The highest BCUT2D eigenvalue weighted by atomic mass is 32.1. The van der Waals surface area contributed by atoms with Gasteiger partial charge in [0.2, 0.25) is 0 Å². The van der Waals surface area contributed by atoms with Crippen LogP contribution in [0.5, 0.6) is 0 Å². The van der Waals surface area contributed by atoms with Crippen molar-refractivity contribution < 1.29 is 0 Å². The molecule has 1 N–H and O–H groups in total. The average molecular weight is 195 g/mol. The maximum atomic E-state index is 3.39. The van der Waals surface area contributed by atoms with Crippen molar-refractivity contribution >= 4 is 11.3 Å². The number of rotatable bonds is 5. The minimum absolute atomic E-state index is 0.994. The van der Waals surface area contributed by atoms with Crippen LogP contribution in [0.2, 0.25) is 0 Å². The molecule has 0 atom stereocenters. The van der Waals surface area contributed by atoms with Crippen LogP contribution >= 0.6 is 11.3 Å². The largest absolute Gasteiger partial charge is 0.313 e. The lowest BCUT2D eigenvalue weighted by Gasteiger charge is -1.99. The SMILES string of the molecule is CC(C)=CCNCCc1cccs1. The fourth-order valence-corrected chi connectivity index (χ4v) is 1.75. The molecule has 1 aromatic heterocycles. The quantitative estimate of drug-likeness (QED) is 0.563. The van der Waals surface area contributed by atoms with E-state index in [1.165, 1.54) is 10.5 Å². The van der Waals surface area contributed by atoms with Crippen LogP contribution in [0.3, 0.4) is 0 Å². The molecule has 72 valence electrons. The molecule has 0 bridgehead atoms. The summed E-state index contributed by atoms with van der Waals surface area (Å²) in [6.45, 7) is 6.32. The predicted octanol–water partition coefficient (Wildman–Crippen LogP) is 2.85. The van der Waals surface area contributed by atoms with Gasteiger partial charge in [0.05, 0.1) is 0 Å². The van der Waals surface area contributed by atoms with Crippen LogP contribution in [0.1, 0.15) is 18.7 Å². The first-order valence-electron chi connectivity index (χ1n) is 4.65. The van der Waals surface area contributed by atoms with Crippen LogP contribution in [-0.4, -0.2) is 13.1 Å². The maximum Gasteiger partial charge on any atom is 0.0137 e. The molecule has 0 saturated carbocycles. The molecular formula is C11H17NS. The zero-order valence-electron chi connectivity index (χ0n) is 8.34. The predicted molar refractivity (Wildman–Crippen MR) is 60.3 cm³/mol. The molecule has 0 saturated heterocycles. The van der Waals surface area contributed by atoms with Crippen LogP contribution in [0.25, 0.3) is 0 Å². The Balaban J connectivity index is 2.05. The highest BCUT2D eigenvalue weighted by molar-refractivity contribution is 7.09. The fraction of sp³-hybridized carbons (Fsp3) is 0.455. The van der Waals surface area contributed by atoms with Crippen LogP contribution in [0.4, 0.5) is 0 Å². The van der Waals surface area contributed by atoms with Gasteiger partial charge in [-0.2, -0.15) is 0 Å². The molecule has 1 rings (SSSR count). The summed E-state index contributed by atoms with van der Waals surface area (Å²) in [5.74, 6) is 0. The summed E-state index contributed by atoms with van der Waals surface area (Å²) in [6, 6.07) is 4.29. The summed E-state index contributed by atoms with van der Waals surface area (Å²) in [7, 11) is 0. The van der Waals surface area contributed by atoms with E-state index in [9.17, 15) is 0 Å². The molecule has 1 heterocycles. The molecule has 13 heavy (non-hydrogen) atoms. The van der Waals surface area contributed by atoms with Crippen LogP contribution in [-0.2, 0) is 6.42 Å². The average Bonchev–Trinajstić information content (AvgIpc) is 2.55. The van der Waals surface area contributed by atoms with E-state index in [1.54, 1.807) is 0 Å². The Morgan fingerprint density at radius 3 is 3.00 bits per heavy atom. The molecule has 0 aliphatic heterocycles. The molecule has 0 spiro atoms. The monoisotopic (exact) mass is 195 g/mol. The van der Waals surface area contributed by atoms with Gasteiger partial charge in [-0.15, -0.1) is 11.3 Å². The third kappa shape index (κ3) is 4.86. The summed E-state index contributed by atoms with van der Waals surface area (Å²) in [5, 5.41) is 5.52. The number of allylic oxidation sites excluding steroid dienone is 1. The Morgan fingerprint density at radius 2 is 2.38 bits per heavy atom. The second-order valence-corrected chi connectivity index (χ2v) is 4.35. The van der Waals surface area contributed by atoms with Gasteiger partial charge in [-0.1, -0.05) is 17.7 Å². The zero-order chi connectivity index (χ0) is 9.52. The van der Waals surface area contributed by atoms with Crippen molar-refractivity contribution in [1.29, 1.82) is 0 Å². The Labute approximate surface area is 84.5 Å². The lowest BCUT2D eigenvalue weighted by atomic mass is 10.3. The molecule has 0 aliphatic carbocycles. The number of nitrogens with one attached hydrogen (secondary N) is 1. The van der Waals surface area contributed by atoms with Gasteiger partial charge in [-0.3, -0.25) is 0 Å². The Bertz CT molecular complexity index is 245. The first-order valence-corrected chi connectivity index (χ1v) is 5.53. The zero-order valence-corrected chi connectivity index (χ0v) is 9.16. The van der Waals surface area contributed by atoms with E-state index in [2.05, 4.69) is 42.8 Å². The summed E-state index contributed by atoms with van der Waals surface area (Å²) >= 11 is 1.83. The molecule has 1 nitrogen and oxygen atoms in total. The van der Waals surface area contributed by atoms with Gasteiger partial charge < -0.3 is 5.32 Å². The molecule has 0 fully saturated rings. The lowest BCUT2D eigenvalue weighted by molar-refractivity contribution is 0.747. The standard InChI is InChI=1S/C11H17NS/c1-10(2)5-7-12-8-6-11-4-3-9-13-11/h3-5,9,12H,6-8H2,1-2H3. The van der Waals surface area contributed by atoms with E-state index in [0.717, 1.165) is 19.5 Å². The van der Waals surface area contributed by atoms with E-state index in [-0.39, 0.29) is 0 Å². The highest BCUT2D eigenvalue weighted by Gasteiger charge is 1.91. The topological polar surface area (TPSA) is 12.0 Å². The minimum Gasteiger partial charge on any atom is -0.313 e. The molecule has 0 radical (unpaired) electrons. The number of thiophene rings is 1. The minimum atomic E-state index is 0.994. The molecule has 0 amide bonds. The fourth-order valence-electron chi connectivity index (χ4n) is 1.04. The second-order valence-electron chi connectivity index (χ2n) is 3.31. The molecule has 0 aromatic carbocycles. The Hall–Kier alpha value is -0.600. The van der Waals surface area contributed by atoms with E-state index in [0.29, 0.717) is 0 Å². The smallest absolute Gasteiger partial charge is 0.0137 e. The van der Waals surface area contributed by atoms with Crippen molar-refractivity contribution in [1.82, 2.24) is 5.32 Å². The van der Waals surface area contributed by atoms with Gasteiger partial charge >= 0.3 is 0 Å². The van der Waals surface area contributed by atoms with Gasteiger partial charge in [-0.05, 0) is 31.7 Å². The maximum absolute atomic E-state index is 3.39. The first-order chi connectivity index (χ1) is 6.29. The summed E-state index contributed by atoms with van der Waals surface area (Å²) in [4.78, 5) is 1.46. The van der Waals surface area contributed by atoms with E-state index in [1.807, 2.05) is 11.3 Å². The molecule has 1 aromatic rings. The molecule has 0 aliphatic rings. The van der Waals surface area contributed by atoms with Crippen LogP contribution in [0.15, 0.2) is 29.2 Å². The normalized spacial score (nSPS) is 10.0. The van der Waals surface area contributed by atoms with Crippen LogP contribution in [0, 0.1) is 0 Å². The van der Waals surface area contributed by atoms with Crippen molar-refractivity contribution in [3.05, 3.63) is 34.0 Å². The summed E-state index contributed by atoms with van der Waals surface area (Å²) < 4.78 is 0. The lowest BCUT2D eigenvalue weighted by Crippen LogP contribution is -2.16. The van der Waals surface area contributed by atoms with Gasteiger partial charge in [0.25, 0.3) is 0 Å². The van der Waals surface area contributed by atoms with Gasteiger partial charge in [0, 0.05) is 18.0 Å². The van der Waals surface area contributed by atoms with E-state index < -0.39 is 0 Å². The Kier molecular flexibility index (Phi) is 4.79. The van der Waals surface area contributed by atoms with Crippen molar-refractivity contribution in [2.24, 2.45) is 0 Å². The summed E-state index contributed by atoms with van der Waals surface area (Å²) in [6.07, 6.45) is 3.36. The van der Waals surface area contributed by atoms with Gasteiger partial charge in [-0.25, -0.2) is 0 Å². The van der Waals surface area contributed by atoms with E-state index >= 15 is 0 Å². The van der Waals surface area contributed by atoms with Crippen molar-refractivity contribution in [2.75, 3.05) is 13.1 Å². The molecule has 2 heteroatoms. The number of hydrogen-bond acceptors (Lipinski definition) is 2. The third-order valence-electron chi connectivity index (χ3n) is 1.78. The third-order valence-corrected chi connectivity index (χ3v) is 2.72. The highest BCUT2D eigenvalue weighted by Crippen LogP contribution is 2.07. The van der Waals surface area contributed by atoms with Crippen molar-refractivity contribution in [3.8, 4) is 0 Å². The number of hydrogen-bond donors (Lipinski definition) is 1. The first kappa shape index (κ1) is 10.5. The van der Waals surface area contributed by atoms with Gasteiger partial charge in [0.1, 0.15) is 0 Å². The second kappa shape index (κ2) is 5.95. The Morgan fingerprint density at radius 1 is 1.54 bits per heavy atom.